The van der Waals surface area contributed by atoms with Gasteiger partial charge in [0.05, 0.1) is 0 Å². The zero-order valence-electron chi connectivity index (χ0n) is 8.93. The summed E-state index contributed by atoms with van der Waals surface area (Å²) in [6.45, 7) is 4.25. The van der Waals surface area contributed by atoms with Gasteiger partial charge in [0, 0.05) is 9.61 Å². The summed E-state index contributed by atoms with van der Waals surface area (Å²) < 4.78 is 13.9. The van der Waals surface area contributed by atoms with E-state index in [-0.39, 0.29) is 11.9 Å². The van der Waals surface area contributed by atoms with E-state index in [0.29, 0.717) is 5.92 Å². The van der Waals surface area contributed by atoms with Gasteiger partial charge in [0.1, 0.15) is 5.82 Å². The van der Waals surface area contributed by atoms with Crippen molar-refractivity contribution < 1.29 is 4.39 Å². The molecule has 0 aromatic heterocycles. The summed E-state index contributed by atoms with van der Waals surface area (Å²) in [5.41, 5.74) is 3.87. The Balaban J connectivity index is 3.01. The quantitative estimate of drug-likeness (QED) is 0.508. The van der Waals surface area contributed by atoms with Gasteiger partial charge in [0.2, 0.25) is 0 Å². The van der Waals surface area contributed by atoms with Gasteiger partial charge in [-0.3, -0.25) is 11.3 Å². The number of nitrogens with one attached hydrogen (secondary N) is 1. The van der Waals surface area contributed by atoms with Crippen LogP contribution in [0.2, 0.25) is 0 Å². The summed E-state index contributed by atoms with van der Waals surface area (Å²) in [5, 5.41) is 0. The van der Waals surface area contributed by atoms with Gasteiger partial charge in [-0.05, 0) is 46.2 Å². The Morgan fingerprint density at radius 3 is 2.67 bits per heavy atom. The molecular weight excluding hydrogens is 306 g/mol. The number of hydrogen-bond donors (Lipinski definition) is 2. The first kappa shape index (κ1) is 12.9. The highest BCUT2D eigenvalue weighted by Crippen LogP contribution is 2.27. The second-order valence-corrected chi connectivity index (χ2v) is 4.86. The maximum atomic E-state index is 12.9. The normalized spacial score (nSPS) is 15.0. The monoisotopic (exact) mass is 322 g/mol. The molecule has 0 fully saturated rings. The largest absolute Gasteiger partial charge is 0.271 e. The first-order valence-electron chi connectivity index (χ1n) is 5.01. The van der Waals surface area contributed by atoms with Crippen molar-refractivity contribution in [2.24, 2.45) is 11.8 Å². The predicted octanol–water partition coefficient (Wildman–Crippen LogP) is 2.98. The summed E-state index contributed by atoms with van der Waals surface area (Å²) in [5.74, 6) is 5.76. The molecule has 0 aliphatic carbocycles. The molecule has 3 N–H and O–H groups in total. The van der Waals surface area contributed by atoms with Crippen molar-refractivity contribution in [3.8, 4) is 0 Å². The number of rotatable bonds is 4. The van der Waals surface area contributed by atoms with Gasteiger partial charge in [-0.25, -0.2) is 4.39 Å². The third kappa shape index (κ3) is 3.12. The predicted molar refractivity (Wildman–Crippen MR) is 68.6 cm³/mol. The minimum Gasteiger partial charge on any atom is -0.271 e. The average molecular weight is 322 g/mol. The minimum absolute atomic E-state index is 0.0856. The van der Waals surface area contributed by atoms with Crippen LogP contribution in [0.15, 0.2) is 18.2 Å². The maximum Gasteiger partial charge on any atom is 0.124 e. The van der Waals surface area contributed by atoms with Crippen LogP contribution >= 0.6 is 22.6 Å². The Labute approximate surface area is 104 Å². The first-order valence-corrected chi connectivity index (χ1v) is 6.09. The van der Waals surface area contributed by atoms with E-state index in [1.807, 2.05) is 0 Å². The Morgan fingerprint density at radius 2 is 2.20 bits per heavy atom. The van der Waals surface area contributed by atoms with Crippen LogP contribution in [0.3, 0.4) is 0 Å². The van der Waals surface area contributed by atoms with Gasteiger partial charge in [-0.2, -0.15) is 0 Å². The van der Waals surface area contributed by atoms with Crippen LogP contribution < -0.4 is 11.3 Å². The van der Waals surface area contributed by atoms with E-state index in [0.717, 1.165) is 15.6 Å². The number of hydrazine groups is 1. The molecule has 0 aliphatic heterocycles. The fourth-order valence-electron chi connectivity index (χ4n) is 1.55. The van der Waals surface area contributed by atoms with Crippen molar-refractivity contribution in [3.63, 3.8) is 0 Å². The van der Waals surface area contributed by atoms with Crippen molar-refractivity contribution in [2.75, 3.05) is 0 Å². The first-order chi connectivity index (χ1) is 7.10. The molecule has 0 bridgehead atoms. The van der Waals surface area contributed by atoms with Crippen LogP contribution in [0, 0.1) is 15.3 Å². The molecule has 1 aromatic rings. The van der Waals surface area contributed by atoms with Crippen molar-refractivity contribution in [1.29, 1.82) is 0 Å². The van der Waals surface area contributed by atoms with E-state index in [1.54, 1.807) is 6.07 Å². The molecule has 84 valence electrons. The standard InChI is InChI=1S/C11H16FIN2/c1-3-7(2)11(15-14)9-5-4-8(12)6-10(9)13/h4-7,11,15H,3,14H2,1-2H3. The van der Waals surface area contributed by atoms with Gasteiger partial charge in [0.25, 0.3) is 0 Å². The molecule has 0 aliphatic rings. The van der Waals surface area contributed by atoms with Gasteiger partial charge in [0.15, 0.2) is 0 Å². The number of nitrogens with two attached hydrogens (primary N) is 1. The van der Waals surface area contributed by atoms with Crippen LogP contribution in [-0.2, 0) is 0 Å². The fourth-order valence-corrected chi connectivity index (χ4v) is 2.36. The van der Waals surface area contributed by atoms with E-state index in [4.69, 9.17) is 5.84 Å². The highest BCUT2D eigenvalue weighted by Gasteiger charge is 2.18. The lowest BCUT2D eigenvalue weighted by Gasteiger charge is -2.23. The molecule has 2 nitrogen and oxygen atoms in total. The van der Waals surface area contributed by atoms with Crippen LogP contribution in [0.4, 0.5) is 4.39 Å². The van der Waals surface area contributed by atoms with E-state index < -0.39 is 0 Å². The summed E-state index contributed by atoms with van der Waals surface area (Å²) in [7, 11) is 0. The Kier molecular flexibility index (Phi) is 4.95. The summed E-state index contributed by atoms with van der Waals surface area (Å²) in [6.07, 6.45) is 1.03. The van der Waals surface area contributed by atoms with Crippen LogP contribution in [0.5, 0.6) is 0 Å². The zero-order chi connectivity index (χ0) is 11.4. The van der Waals surface area contributed by atoms with E-state index >= 15 is 0 Å². The third-order valence-electron chi connectivity index (χ3n) is 2.69. The summed E-state index contributed by atoms with van der Waals surface area (Å²) >= 11 is 2.14. The van der Waals surface area contributed by atoms with Crippen LogP contribution in [0.25, 0.3) is 0 Å². The number of halogens is 2. The number of hydrogen-bond acceptors (Lipinski definition) is 2. The maximum absolute atomic E-state index is 12.9. The molecule has 0 spiro atoms. The minimum atomic E-state index is -0.205. The molecule has 0 radical (unpaired) electrons. The van der Waals surface area contributed by atoms with E-state index in [9.17, 15) is 4.39 Å². The van der Waals surface area contributed by atoms with Crippen molar-refractivity contribution in [3.05, 3.63) is 33.1 Å². The summed E-state index contributed by atoms with van der Waals surface area (Å²) in [6, 6.07) is 4.89. The van der Waals surface area contributed by atoms with Crippen molar-refractivity contribution in [1.82, 2.24) is 5.43 Å². The zero-order valence-corrected chi connectivity index (χ0v) is 11.1. The Hall–Kier alpha value is -0.200. The lowest BCUT2D eigenvalue weighted by Crippen LogP contribution is -2.32. The fraction of sp³-hybridized carbons (Fsp3) is 0.455. The highest BCUT2D eigenvalue weighted by atomic mass is 127. The molecule has 0 heterocycles. The third-order valence-corrected chi connectivity index (χ3v) is 3.62. The van der Waals surface area contributed by atoms with E-state index in [2.05, 4.69) is 41.9 Å². The SMILES string of the molecule is CCC(C)C(NN)c1ccc(F)cc1I. The molecule has 0 saturated heterocycles. The second-order valence-electron chi connectivity index (χ2n) is 3.70. The Morgan fingerprint density at radius 1 is 1.53 bits per heavy atom. The Bertz CT molecular complexity index is 330. The second kappa shape index (κ2) is 5.77. The lowest BCUT2D eigenvalue weighted by molar-refractivity contribution is 0.381. The molecule has 0 amide bonds. The van der Waals surface area contributed by atoms with Gasteiger partial charge in [-0.1, -0.05) is 26.3 Å². The van der Waals surface area contributed by atoms with Gasteiger partial charge < -0.3 is 0 Å². The molecule has 1 aromatic carbocycles. The average Bonchev–Trinajstić information content (AvgIpc) is 2.21. The summed E-state index contributed by atoms with van der Waals surface area (Å²) in [4.78, 5) is 0. The van der Waals surface area contributed by atoms with Crippen LogP contribution in [0.1, 0.15) is 31.9 Å². The molecular formula is C11H16FIN2. The molecule has 15 heavy (non-hydrogen) atoms. The molecule has 1 rings (SSSR count). The number of benzene rings is 1. The van der Waals surface area contributed by atoms with Gasteiger partial charge >= 0.3 is 0 Å². The molecule has 2 unspecified atom stereocenters. The highest BCUT2D eigenvalue weighted by molar-refractivity contribution is 14.1. The topological polar surface area (TPSA) is 38.0 Å². The molecule has 4 heteroatoms. The van der Waals surface area contributed by atoms with Crippen molar-refractivity contribution in [2.45, 2.75) is 26.3 Å². The molecule has 0 saturated carbocycles. The molecule has 2 atom stereocenters. The van der Waals surface area contributed by atoms with E-state index in [1.165, 1.54) is 12.1 Å². The lowest BCUT2D eigenvalue weighted by atomic mass is 9.93. The van der Waals surface area contributed by atoms with Crippen molar-refractivity contribution >= 4 is 22.6 Å². The van der Waals surface area contributed by atoms with Gasteiger partial charge in [-0.15, -0.1) is 0 Å². The van der Waals surface area contributed by atoms with Crippen LogP contribution in [-0.4, -0.2) is 0 Å². The smallest absolute Gasteiger partial charge is 0.124 e.